The molecule has 2 saturated heterocycles. The van der Waals surface area contributed by atoms with Crippen LogP contribution in [0.15, 0.2) is 59.7 Å². The van der Waals surface area contributed by atoms with Crippen molar-refractivity contribution in [2.24, 2.45) is 17.8 Å². The molecule has 2 heterocycles. The van der Waals surface area contributed by atoms with E-state index in [1.54, 1.807) is 19.2 Å². The summed E-state index contributed by atoms with van der Waals surface area (Å²) in [6, 6.07) is 14.9. The van der Waals surface area contributed by atoms with Crippen LogP contribution in [0, 0.1) is 17.8 Å². The molecule has 2 N–H and O–H groups in total. The molecule has 4 atom stereocenters. The van der Waals surface area contributed by atoms with Crippen LogP contribution in [-0.2, 0) is 14.2 Å². The Morgan fingerprint density at radius 1 is 1.16 bits per heavy atom. The molecule has 2 fully saturated rings. The van der Waals surface area contributed by atoms with E-state index in [-0.39, 0.29) is 35.5 Å². The highest BCUT2D eigenvalue weighted by atomic mass is 35.5. The van der Waals surface area contributed by atoms with Crippen LogP contribution < -0.4 is 0 Å². The van der Waals surface area contributed by atoms with Crippen LogP contribution in [0.1, 0.15) is 43.7 Å². The predicted molar refractivity (Wildman–Crippen MR) is 144 cm³/mol. The summed E-state index contributed by atoms with van der Waals surface area (Å²) >= 11 is 6.41. The van der Waals surface area contributed by atoms with Crippen molar-refractivity contribution in [2.45, 2.75) is 45.0 Å². The molecule has 2 aliphatic heterocycles. The Bertz CT molecular complexity index is 1280. The monoisotopic (exact) mass is 519 g/mol. The second-order valence-electron chi connectivity index (χ2n) is 10.2. The maximum atomic E-state index is 13.0. The third-order valence-electron chi connectivity index (χ3n) is 8.09. The number of carbonyl (C=O) groups is 2. The fraction of sp³-hybridized carbons (Fsp3) is 0.379. The Balaban J connectivity index is 1.47. The first kappa shape index (κ1) is 25.8. The summed E-state index contributed by atoms with van der Waals surface area (Å²) in [6.45, 7) is 2.08. The van der Waals surface area contributed by atoms with Crippen molar-refractivity contribution in [2.75, 3.05) is 7.05 Å². The first-order chi connectivity index (χ1) is 17.8. The zero-order valence-corrected chi connectivity index (χ0v) is 21.8. The molecule has 0 bridgehead atoms. The predicted octanol–water partition coefficient (Wildman–Crippen LogP) is 5.20. The quantitative estimate of drug-likeness (QED) is 0.237. The second-order valence-corrected chi connectivity index (χ2v) is 10.6. The lowest BCUT2D eigenvalue weighted by atomic mass is 9.58. The van der Waals surface area contributed by atoms with Gasteiger partial charge >= 0.3 is 7.12 Å². The topological polar surface area (TPSA) is 87.1 Å². The van der Waals surface area contributed by atoms with Crippen molar-refractivity contribution in [3.8, 4) is 5.75 Å². The van der Waals surface area contributed by atoms with Crippen LogP contribution in [0.3, 0.4) is 0 Å². The molecule has 1 aliphatic carbocycles. The minimum atomic E-state index is -0.986. The number of rotatable bonds is 6. The number of amides is 2. The number of nitrogens with zero attached hydrogens (tertiary/aromatic N) is 1. The Hall–Kier alpha value is -2.87. The average Bonchev–Trinajstić information content (AvgIpc) is 3.11. The van der Waals surface area contributed by atoms with Gasteiger partial charge in [-0.2, -0.15) is 0 Å². The van der Waals surface area contributed by atoms with Crippen molar-refractivity contribution >= 4 is 42.2 Å². The SMILES string of the molecule is CCC1=C2[C@@H](CC/C(=C/c3ccc(O)cc3Cl)c3ccccc3)OB(O)C[C@@H]2[C@@H]2C(=O)N(C)C(=O)[C@@H]2C1. The lowest BCUT2D eigenvalue weighted by Gasteiger charge is -2.43. The van der Waals surface area contributed by atoms with E-state index in [1.165, 1.54) is 16.5 Å². The molecule has 6 nitrogen and oxygen atoms in total. The normalized spacial score (nSPS) is 26.0. The molecule has 0 aromatic heterocycles. The lowest BCUT2D eigenvalue weighted by Crippen LogP contribution is -2.46. The van der Waals surface area contributed by atoms with Crippen molar-refractivity contribution < 1.29 is 24.4 Å². The summed E-state index contributed by atoms with van der Waals surface area (Å²) in [5.74, 6) is -1.11. The van der Waals surface area contributed by atoms with Crippen LogP contribution in [0.4, 0.5) is 0 Å². The van der Waals surface area contributed by atoms with Gasteiger partial charge in [-0.05, 0) is 84.5 Å². The van der Waals surface area contributed by atoms with Crippen molar-refractivity contribution in [3.63, 3.8) is 0 Å². The summed E-state index contributed by atoms with van der Waals surface area (Å²) in [5, 5.41) is 20.9. The number of aromatic hydroxyl groups is 1. The summed E-state index contributed by atoms with van der Waals surface area (Å²) in [6.07, 6.45) is 4.61. The number of fused-ring (bicyclic) bond motifs is 3. The van der Waals surface area contributed by atoms with Crippen LogP contribution in [0.2, 0.25) is 11.3 Å². The number of likely N-dealkylation sites (tertiary alicyclic amines) is 1. The van der Waals surface area contributed by atoms with E-state index in [2.05, 4.69) is 6.92 Å². The first-order valence-corrected chi connectivity index (χ1v) is 13.3. The van der Waals surface area contributed by atoms with Crippen molar-refractivity contribution in [1.82, 2.24) is 4.90 Å². The van der Waals surface area contributed by atoms with Gasteiger partial charge in [0, 0.05) is 7.05 Å². The van der Waals surface area contributed by atoms with Gasteiger partial charge in [0.1, 0.15) is 5.75 Å². The fourth-order valence-electron chi connectivity index (χ4n) is 6.32. The number of hydrogen-bond donors (Lipinski definition) is 2. The molecule has 8 heteroatoms. The van der Waals surface area contributed by atoms with Gasteiger partial charge in [-0.1, -0.05) is 54.4 Å². The first-order valence-electron chi connectivity index (χ1n) is 12.9. The highest BCUT2D eigenvalue weighted by Crippen LogP contribution is 2.51. The Morgan fingerprint density at radius 3 is 2.62 bits per heavy atom. The summed E-state index contributed by atoms with van der Waals surface area (Å²) in [4.78, 5) is 27.1. The van der Waals surface area contributed by atoms with Gasteiger partial charge in [0.15, 0.2) is 0 Å². The van der Waals surface area contributed by atoms with E-state index in [0.717, 1.165) is 28.7 Å². The summed E-state index contributed by atoms with van der Waals surface area (Å²) in [7, 11) is 0.576. The highest BCUT2D eigenvalue weighted by Gasteiger charge is 2.56. The molecule has 0 saturated carbocycles. The number of allylic oxidation sites excluding steroid dienone is 2. The average molecular weight is 520 g/mol. The second kappa shape index (κ2) is 10.5. The van der Waals surface area contributed by atoms with Crippen LogP contribution in [0.5, 0.6) is 5.75 Å². The number of imide groups is 1. The number of halogens is 1. The van der Waals surface area contributed by atoms with E-state index < -0.39 is 13.0 Å². The molecule has 2 amide bonds. The number of benzene rings is 2. The van der Waals surface area contributed by atoms with Crippen LogP contribution in [0.25, 0.3) is 11.6 Å². The molecular weight excluding hydrogens is 489 g/mol. The summed E-state index contributed by atoms with van der Waals surface area (Å²) in [5.41, 5.74) is 5.17. The molecule has 3 aliphatic rings. The number of phenols is 1. The third-order valence-corrected chi connectivity index (χ3v) is 8.42. The molecule has 0 unspecified atom stereocenters. The lowest BCUT2D eigenvalue weighted by molar-refractivity contribution is -0.138. The maximum Gasteiger partial charge on any atom is 0.455 e. The Labute approximate surface area is 222 Å². The highest BCUT2D eigenvalue weighted by molar-refractivity contribution is 6.43. The van der Waals surface area contributed by atoms with E-state index in [4.69, 9.17) is 16.3 Å². The third kappa shape index (κ3) is 4.88. The van der Waals surface area contributed by atoms with E-state index >= 15 is 0 Å². The van der Waals surface area contributed by atoms with Crippen molar-refractivity contribution in [3.05, 3.63) is 75.8 Å². The molecule has 5 rings (SSSR count). The molecule has 192 valence electrons. The molecule has 2 aromatic carbocycles. The maximum absolute atomic E-state index is 13.0. The van der Waals surface area contributed by atoms with Gasteiger partial charge in [0.05, 0.1) is 23.0 Å². The fourth-order valence-corrected chi connectivity index (χ4v) is 6.55. The minimum absolute atomic E-state index is 0.110. The van der Waals surface area contributed by atoms with Gasteiger partial charge in [-0.15, -0.1) is 0 Å². The minimum Gasteiger partial charge on any atom is -0.508 e. The van der Waals surface area contributed by atoms with Gasteiger partial charge in [-0.3, -0.25) is 14.5 Å². The number of carbonyl (C=O) groups excluding carboxylic acids is 2. The standard InChI is InChI=1S/C29H31BClNO5/c1-3-17-14-22-27(29(35)32(2)28(22)34)23-16-30(36)37-25(26(17)23)12-10-19(18-7-5-4-6-8-18)13-20-9-11-21(33)15-24(20)31/h4-9,11,13,15,22-23,25,27,33,36H,3,10,12,14,16H2,1-2H3/b19-13-/t22-,23+,25-,27-/m1/s1. The van der Waals surface area contributed by atoms with E-state index in [1.807, 2.05) is 36.4 Å². The van der Waals surface area contributed by atoms with Crippen LogP contribution in [-0.4, -0.2) is 47.1 Å². The Morgan fingerprint density at radius 2 is 1.92 bits per heavy atom. The molecule has 0 spiro atoms. The molecule has 2 aromatic rings. The summed E-state index contributed by atoms with van der Waals surface area (Å²) < 4.78 is 6.10. The van der Waals surface area contributed by atoms with Gasteiger partial charge in [0.2, 0.25) is 11.8 Å². The van der Waals surface area contributed by atoms with Crippen LogP contribution >= 0.6 is 11.6 Å². The largest absolute Gasteiger partial charge is 0.508 e. The number of hydrogen-bond acceptors (Lipinski definition) is 5. The zero-order chi connectivity index (χ0) is 26.3. The number of phenolic OH excluding ortho intramolecular Hbond substituents is 1. The van der Waals surface area contributed by atoms with Crippen molar-refractivity contribution in [1.29, 1.82) is 0 Å². The smallest absolute Gasteiger partial charge is 0.455 e. The Kier molecular flexibility index (Phi) is 7.30. The van der Waals surface area contributed by atoms with Gasteiger partial charge in [-0.25, -0.2) is 0 Å². The molecular formula is C29H31BClNO5. The van der Waals surface area contributed by atoms with Gasteiger partial charge < -0.3 is 14.8 Å². The van der Waals surface area contributed by atoms with E-state index in [9.17, 15) is 19.7 Å². The molecule has 0 radical (unpaired) electrons. The van der Waals surface area contributed by atoms with E-state index in [0.29, 0.717) is 30.6 Å². The zero-order valence-electron chi connectivity index (χ0n) is 21.1. The molecule has 37 heavy (non-hydrogen) atoms. The van der Waals surface area contributed by atoms with Gasteiger partial charge in [0.25, 0.3) is 0 Å².